The van der Waals surface area contributed by atoms with Crippen LogP contribution in [0.5, 0.6) is 11.5 Å². The zero-order valence-electron chi connectivity index (χ0n) is 14.6. The number of ether oxygens (including phenoxy) is 2. The van der Waals surface area contributed by atoms with Gasteiger partial charge in [-0.05, 0) is 25.0 Å². The SMILES string of the molecule is COc1ccccc1OCc1cn(CC(=O)N2CCCCCC2)nn1. The zero-order chi connectivity index (χ0) is 17.5. The van der Waals surface area contributed by atoms with E-state index in [2.05, 4.69) is 10.3 Å². The molecule has 0 spiro atoms. The average molecular weight is 344 g/mol. The summed E-state index contributed by atoms with van der Waals surface area (Å²) >= 11 is 0. The molecule has 1 aliphatic heterocycles. The number of likely N-dealkylation sites (tertiary alicyclic amines) is 1. The van der Waals surface area contributed by atoms with E-state index < -0.39 is 0 Å². The van der Waals surface area contributed by atoms with Crippen LogP contribution in [0.1, 0.15) is 31.4 Å². The van der Waals surface area contributed by atoms with E-state index in [4.69, 9.17) is 9.47 Å². The third kappa shape index (κ3) is 4.71. The average Bonchev–Trinajstić information content (AvgIpc) is 2.90. The molecule has 7 heteroatoms. The number of aromatic nitrogens is 3. The molecular weight excluding hydrogens is 320 g/mol. The first-order valence-corrected chi connectivity index (χ1v) is 8.69. The smallest absolute Gasteiger partial charge is 0.244 e. The van der Waals surface area contributed by atoms with Crippen LogP contribution in [-0.4, -0.2) is 46.0 Å². The number of amides is 1. The summed E-state index contributed by atoms with van der Waals surface area (Å²) in [5, 5.41) is 8.12. The van der Waals surface area contributed by atoms with Crippen LogP contribution in [0, 0.1) is 0 Å². The van der Waals surface area contributed by atoms with Gasteiger partial charge >= 0.3 is 0 Å². The van der Waals surface area contributed by atoms with Crippen LogP contribution in [0.3, 0.4) is 0 Å². The van der Waals surface area contributed by atoms with Crippen molar-refractivity contribution in [1.82, 2.24) is 19.9 Å². The van der Waals surface area contributed by atoms with Crippen molar-refractivity contribution in [3.05, 3.63) is 36.2 Å². The maximum atomic E-state index is 12.4. The third-order valence-corrected chi connectivity index (χ3v) is 4.29. The van der Waals surface area contributed by atoms with Crippen molar-refractivity contribution >= 4 is 5.91 Å². The predicted octanol–water partition coefficient (Wildman–Crippen LogP) is 2.27. The first-order chi connectivity index (χ1) is 12.3. The summed E-state index contributed by atoms with van der Waals surface area (Å²) in [6.45, 7) is 2.19. The molecule has 2 heterocycles. The minimum atomic E-state index is 0.101. The first-order valence-electron chi connectivity index (χ1n) is 8.69. The Morgan fingerprint density at radius 3 is 2.56 bits per heavy atom. The van der Waals surface area contributed by atoms with E-state index in [0.717, 1.165) is 25.9 Å². The quantitative estimate of drug-likeness (QED) is 0.804. The lowest BCUT2D eigenvalue weighted by atomic mass is 10.2. The third-order valence-electron chi connectivity index (χ3n) is 4.29. The van der Waals surface area contributed by atoms with Crippen molar-refractivity contribution in [2.45, 2.75) is 38.8 Å². The van der Waals surface area contributed by atoms with E-state index in [-0.39, 0.29) is 19.1 Å². The second kappa shape index (κ2) is 8.50. The molecule has 1 aromatic carbocycles. The Balaban J connectivity index is 1.54. The highest BCUT2D eigenvalue weighted by Gasteiger charge is 2.16. The summed E-state index contributed by atoms with van der Waals surface area (Å²) in [6, 6.07) is 7.45. The van der Waals surface area contributed by atoms with Gasteiger partial charge in [-0.2, -0.15) is 0 Å². The molecule has 7 nitrogen and oxygen atoms in total. The number of para-hydroxylation sites is 2. The fraction of sp³-hybridized carbons (Fsp3) is 0.500. The lowest BCUT2D eigenvalue weighted by molar-refractivity contribution is -0.132. The van der Waals surface area contributed by atoms with Crippen molar-refractivity contribution in [3.8, 4) is 11.5 Å². The van der Waals surface area contributed by atoms with E-state index in [1.807, 2.05) is 29.2 Å². The number of nitrogens with zero attached hydrogens (tertiary/aromatic N) is 4. The molecule has 0 atom stereocenters. The molecular formula is C18H24N4O3. The monoisotopic (exact) mass is 344 g/mol. The van der Waals surface area contributed by atoms with Crippen molar-refractivity contribution < 1.29 is 14.3 Å². The Labute approximate surface area is 147 Å². The van der Waals surface area contributed by atoms with Gasteiger partial charge in [-0.3, -0.25) is 4.79 Å². The fourth-order valence-electron chi connectivity index (χ4n) is 2.93. The maximum absolute atomic E-state index is 12.4. The molecule has 25 heavy (non-hydrogen) atoms. The molecule has 0 radical (unpaired) electrons. The number of methoxy groups -OCH3 is 1. The molecule has 2 aromatic rings. The Kier molecular flexibility index (Phi) is 5.87. The highest BCUT2D eigenvalue weighted by Crippen LogP contribution is 2.26. The van der Waals surface area contributed by atoms with Gasteiger partial charge in [0, 0.05) is 13.1 Å². The van der Waals surface area contributed by atoms with Gasteiger partial charge in [0.25, 0.3) is 0 Å². The molecule has 134 valence electrons. The van der Waals surface area contributed by atoms with Crippen LogP contribution >= 0.6 is 0 Å². The first kappa shape index (κ1) is 17.3. The van der Waals surface area contributed by atoms with Gasteiger partial charge in [0.05, 0.1) is 13.3 Å². The maximum Gasteiger partial charge on any atom is 0.244 e. The molecule has 0 unspecified atom stereocenters. The van der Waals surface area contributed by atoms with Crippen LogP contribution in [0.15, 0.2) is 30.5 Å². The van der Waals surface area contributed by atoms with Crippen molar-refractivity contribution in [2.24, 2.45) is 0 Å². The summed E-state index contributed by atoms with van der Waals surface area (Å²) in [5.41, 5.74) is 0.676. The topological polar surface area (TPSA) is 69.5 Å². The van der Waals surface area contributed by atoms with E-state index in [1.54, 1.807) is 18.0 Å². The number of rotatable bonds is 6. The Morgan fingerprint density at radius 2 is 1.84 bits per heavy atom. The molecule has 0 saturated carbocycles. The standard InChI is InChI=1S/C18H24N4O3/c1-24-16-8-4-5-9-17(16)25-14-15-12-22(20-19-15)13-18(23)21-10-6-2-3-7-11-21/h4-5,8-9,12H,2-3,6-7,10-11,13-14H2,1H3. The van der Waals surface area contributed by atoms with Crippen molar-refractivity contribution in [1.29, 1.82) is 0 Å². The Bertz CT molecular complexity index is 693. The molecule has 3 rings (SSSR count). The predicted molar refractivity (Wildman–Crippen MR) is 92.4 cm³/mol. The lowest BCUT2D eigenvalue weighted by Crippen LogP contribution is -2.34. The van der Waals surface area contributed by atoms with Crippen LogP contribution in [0.2, 0.25) is 0 Å². The zero-order valence-corrected chi connectivity index (χ0v) is 14.6. The van der Waals surface area contributed by atoms with Crippen molar-refractivity contribution in [2.75, 3.05) is 20.2 Å². The fourth-order valence-corrected chi connectivity index (χ4v) is 2.93. The summed E-state index contributed by atoms with van der Waals surface area (Å²) in [6.07, 6.45) is 6.34. The molecule has 0 aliphatic carbocycles. The van der Waals surface area contributed by atoms with E-state index in [9.17, 15) is 4.79 Å². The van der Waals surface area contributed by atoms with Gasteiger partial charge in [-0.1, -0.05) is 30.2 Å². The second-order valence-electron chi connectivity index (χ2n) is 6.14. The van der Waals surface area contributed by atoms with Crippen LogP contribution < -0.4 is 9.47 Å². The molecule has 1 amide bonds. The highest BCUT2D eigenvalue weighted by molar-refractivity contribution is 5.75. The Hall–Kier alpha value is -2.57. The van der Waals surface area contributed by atoms with Gasteiger partial charge in [0.1, 0.15) is 18.8 Å². The van der Waals surface area contributed by atoms with Crippen LogP contribution in [0.4, 0.5) is 0 Å². The van der Waals surface area contributed by atoms with Gasteiger partial charge in [0.15, 0.2) is 11.5 Å². The summed E-state index contributed by atoms with van der Waals surface area (Å²) < 4.78 is 12.6. The van der Waals surface area contributed by atoms with Gasteiger partial charge in [0.2, 0.25) is 5.91 Å². The molecule has 1 aliphatic rings. The number of hydrogen-bond acceptors (Lipinski definition) is 5. The summed E-state index contributed by atoms with van der Waals surface area (Å²) in [5.74, 6) is 1.43. The van der Waals surface area contributed by atoms with E-state index in [1.165, 1.54) is 12.8 Å². The Morgan fingerprint density at radius 1 is 1.12 bits per heavy atom. The van der Waals surface area contributed by atoms with E-state index >= 15 is 0 Å². The molecule has 1 saturated heterocycles. The van der Waals surface area contributed by atoms with Gasteiger partial charge < -0.3 is 14.4 Å². The minimum absolute atomic E-state index is 0.101. The highest BCUT2D eigenvalue weighted by atomic mass is 16.5. The molecule has 1 aromatic heterocycles. The van der Waals surface area contributed by atoms with Crippen molar-refractivity contribution in [3.63, 3.8) is 0 Å². The molecule has 0 bridgehead atoms. The number of carbonyl (C=O) groups excluding carboxylic acids is 1. The van der Waals surface area contributed by atoms with Crippen LogP contribution in [-0.2, 0) is 17.9 Å². The number of carbonyl (C=O) groups is 1. The molecule has 0 N–H and O–H groups in total. The van der Waals surface area contributed by atoms with E-state index in [0.29, 0.717) is 17.2 Å². The van der Waals surface area contributed by atoms with Gasteiger partial charge in [-0.15, -0.1) is 5.10 Å². The largest absolute Gasteiger partial charge is 0.493 e. The lowest BCUT2D eigenvalue weighted by Gasteiger charge is -2.19. The second-order valence-corrected chi connectivity index (χ2v) is 6.14. The van der Waals surface area contributed by atoms with Gasteiger partial charge in [-0.25, -0.2) is 4.68 Å². The minimum Gasteiger partial charge on any atom is -0.493 e. The normalized spacial score (nSPS) is 14.8. The summed E-state index contributed by atoms with van der Waals surface area (Å²) in [7, 11) is 1.60. The number of hydrogen-bond donors (Lipinski definition) is 0. The molecule has 1 fully saturated rings. The number of benzene rings is 1. The van der Waals surface area contributed by atoms with Crippen LogP contribution in [0.25, 0.3) is 0 Å². The summed E-state index contributed by atoms with van der Waals surface area (Å²) in [4.78, 5) is 14.3.